The summed E-state index contributed by atoms with van der Waals surface area (Å²) >= 11 is 0. The summed E-state index contributed by atoms with van der Waals surface area (Å²) in [6.07, 6.45) is 5.46. The molecule has 1 aliphatic heterocycles. The van der Waals surface area contributed by atoms with E-state index < -0.39 is 10.0 Å². The van der Waals surface area contributed by atoms with Gasteiger partial charge in [-0.15, -0.1) is 0 Å². The zero-order valence-electron chi connectivity index (χ0n) is 13.3. The summed E-state index contributed by atoms with van der Waals surface area (Å²) in [6, 6.07) is 12.2. The van der Waals surface area contributed by atoms with Crippen LogP contribution in [-0.2, 0) is 10.0 Å². The van der Waals surface area contributed by atoms with Crippen LogP contribution < -0.4 is 0 Å². The first-order chi connectivity index (χ1) is 11.6. The first kappa shape index (κ1) is 15.1. The maximum atomic E-state index is 13.0. The van der Waals surface area contributed by atoms with E-state index in [0.29, 0.717) is 5.65 Å². The van der Waals surface area contributed by atoms with Crippen LogP contribution >= 0.6 is 0 Å². The van der Waals surface area contributed by atoms with Crippen molar-refractivity contribution in [3.63, 3.8) is 0 Å². The van der Waals surface area contributed by atoms with Crippen molar-refractivity contribution in [1.29, 1.82) is 0 Å². The van der Waals surface area contributed by atoms with E-state index in [9.17, 15) is 8.42 Å². The molecule has 6 heteroatoms. The SMILES string of the molecule is CN1CC=C(c2cn(S(=O)(=O)c3ccccc3)c3ncccc23)C1. The summed E-state index contributed by atoms with van der Waals surface area (Å²) in [4.78, 5) is 6.77. The molecule has 0 amide bonds. The summed E-state index contributed by atoms with van der Waals surface area (Å²) in [6.45, 7) is 1.67. The third-order valence-electron chi connectivity index (χ3n) is 4.27. The summed E-state index contributed by atoms with van der Waals surface area (Å²) in [7, 11) is -1.63. The van der Waals surface area contributed by atoms with E-state index in [-0.39, 0.29) is 4.90 Å². The third-order valence-corrected chi connectivity index (χ3v) is 5.93. The quantitative estimate of drug-likeness (QED) is 0.736. The molecular weight excluding hydrogens is 322 g/mol. The second-order valence-corrected chi connectivity index (χ2v) is 7.77. The van der Waals surface area contributed by atoms with Gasteiger partial charge in [0.25, 0.3) is 10.0 Å². The fourth-order valence-corrected chi connectivity index (χ4v) is 4.40. The van der Waals surface area contributed by atoms with Crippen molar-refractivity contribution in [3.8, 4) is 0 Å². The molecule has 0 aliphatic carbocycles. The number of pyridine rings is 1. The molecule has 0 saturated carbocycles. The van der Waals surface area contributed by atoms with Crippen LogP contribution in [0.3, 0.4) is 0 Å². The topological polar surface area (TPSA) is 55.2 Å². The molecule has 5 nitrogen and oxygen atoms in total. The zero-order chi connectivity index (χ0) is 16.7. The van der Waals surface area contributed by atoms with Gasteiger partial charge in [-0.05, 0) is 36.9 Å². The van der Waals surface area contributed by atoms with Crippen LogP contribution in [-0.4, -0.2) is 42.4 Å². The fraction of sp³-hybridized carbons (Fsp3) is 0.167. The van der Waals surface area contributed by atoms with Crippen molar-refractivity contribution in [2.75, 3.05) is 20.1 Å². The molecule has 0 spiro atoms. The minimum absolute atomic E-state index is 0.261. The van der Waals surface area contributed by atoms with Crippen molar-refractivity contribution >= 4 is 26.6 Å². The van der Waals surface area contributed by atoms with Gasteiger partial charge in [-0.25, -0.2) is 17.4 Å². The molecule has 4 rings (SSSR count). The van der Waals surface area contributed by atoms with Gasteiger partial charge in [0.05, 0.1) is 4.90 Å². The van der Waals surface area contributed by atoms with Gasteiger partial charge >= 0.3 is 0 Å². The Bertz CT molecular complexity index is 1040. The highest BCUT2D eigenvalue weighted by molar-refractivity contribution is 7.90. The Balaban J connectivity index is 1.95. The molecule has 0 radical (unpaired) electrons. The van der Waals surface area contributed by atoms with Crippen molar-refractivity contribution in [3.05, 3.63) is 66.5 Å². The first-order valence-electron chi connectivity index (χ1n) is 7.72. The van der Waals surface area contributed by atoms with Gasteiger partial charge in [-0.3, -0.25) is 4.90 Å². The largest absolute Gasteiger partial charge is 0.298 e. The molecule has 0 unspecified atom stereocenters. The number of aromatic nitrogens is 2. The highest BCUT2D eigenvalue weighted by Gasteiger charge is 2.24. The molecule has 0 saturated heterocycles. The Hall–Kier alpha value is -2.44. The van der Waals surface area contributed by atoms with Crippen molar-refractivity contribution < 1.29 is 8.42 Å². The number of nitrogens with zero attached hydrogens (tertiary/aromatic N) is 3. The average Bonchev–Trinajstić information content (AvgIpc) is 3.19. The van der Waals surface area contributed by atoms with Crippen molar-refractivity contribution in [2.24, 2.45) is 0 Å². The first-order valence-corrected chi connectivity index (χ1v) is 9.16. The van der Waals surface area contributed by atoms with Gasteiger partial charge < -0.3 is 0 Å². The number of likely N-dealkylation sites (N-methyl/N-ethyl adjacent to an activating group) is 1. The van der Waals surface area contributed by atoms with Gasteiger partial charge in [0.1, 0.15) is 0 Å². The summed E-state index contributed by atoms with van der Waals surface area (Å²) in [5, 5.41) is 0.860. The number of benzene rings is 1. The van der Waals surface area contributed by atoms with E-state index >= 15 is 0 Å². The Morgan fingerprint density at radius 1 is 1.08 bits per heavy atom. The summed E-state index contributed by atoms with van der Waals surface area (Å²) in [5.41, 5.74) is 2.53. The molecule has 0 atom stereocenters. The monoisotopic (exact) mass is 339 g/mol. The molecule has 0 fully saturated rings. The second kappa shape index (κ2) is 5.58. The Labute approximate surface area is 140 Å². The predicted molar refractivity (Wildman–Crippen MR) is 94.2 cm³/mol. The fourth-order valence-electron chi connectivity index (χ4n) is 3.06. The van der Waals surface area contributed by atoms with Crippen LogP contribution in [0.15, 0.2) is 65.8 Å². The third kappa shape index (κ3) is 2.35. The van der Waals surface area contributed by atoms with Crippen LogP contribution in [0.5, 0.6) is 0 Å². The second-order valence-electron chi connectivity index (χ2n) is 5.96. The standard InChI is InChI=1S/C18H17N3O2S/c1-20-11-9-14(12-20)17-13-21(18-16(17)8-5-10-19-18)24(22,23)15-6-3-2-4-7-15/h2-10,13H,11-12H2,1H3. The Kier molecular flexibility index (Phi) is 3.51. The lowest BCUT2D eigenvalue weighted by molar-refractivity contribution is 0.439. The number of rotatable bonds is 3. The Morgan fingerprint density at radius 3 is 2.58 bits per heavy atom. The molecule has 2 aromatic heterocycles. The minimum Gasteiger partial charge on any atom is -0.298 e. The predicted octanol–water partition coefficient (Wildman–Crippen LogP) is 2.60. The van der Waals surface area contributed by atoms with E-state index in [2.05, 4.69) is 16.0 Å². The molecule has 0 bridgehead atoms. The highest BCUT2D eigenvalue weighted by Crippen LogP contribution is 2.31. The molecule has 24 heavy (non-hydrogen) atoms. The Morgan fingerprint density at radius 2 is 1.88 bits per heavy atom. The van der Waals surface area contributed by atoms with Crippen LogP contribution in [0, 0.1) is 0 Å². The maximum Gasteiger partial charge on any atom is 0.269 e. The lowest BCUT2D eigenvalue weighted by atomic mass is 10.1. The molecule has 3 aromatic rings. The van der Waals surface area contributed by atoms with Crippen LogP contribution in [0.1, 0.15) is 5.56 Å². The molecule has 1 aliphatic rings. The van der Waals surface area contributed by atoms with Crippen molar-refractivity contribution in [1.82, 2.24) is 13.9 Å². The van der Waals surface area contributed by atoms with E-state index in [1.54, 1.807) is 42.7 Å². The van der Waals surface area contributed by atoms with Crippen LogP contribution in [0.4, 0.5) is 0 Å². The summed E-state index contributed by atoms with van der Waals surface area (Å²) < 4.78 is 27.4. The lowest BCUT2D eigenvalue weighted by Crippen LogP contribution is -2.13. The normalized spacial score (nSPS) is 15.8. The van der Waals surface area contributed by atoms with Gasteiger partial charge in [0.15, 0.2) is 5.65 Å². The van der Waals surface area contributed by atoms with Gasteiger partial charge in [-0.1, -0.05) is 24.3 Å². The molecule has 3 heterocycles. The molecular formula is C18H17N3O2S. The molecule has 0 N–H and O–H groups in total. The summed E-state index contributed by atoms with van der Waals surface area (Å²) in [5.74, 6) is 0. The van der Waals surface area contributed by atoms with E-state index in [1.165, 1.54) is 3.97 Å². The number of fused-ring (bicyclic) bond motifs is 1. The average molecular weight is 339 g/mol. The number of hydrogen-bond donors (Lipinski definition) is 0. The van der Waals surface area contributed by atoms with Crippen LogP contribution in [0.25, 0.3) is 16.6 Å². The smallest absolute Gasteiger partial charge is 0.269 e. The number of hydrogen-bond acceptors (Lipinski definition) is 4. The van der Waals surface area contributed by atoms with Crippen LogP contribution in [0.2, 0.25) is 0 Å². The minimum atomic E-state index is -3.67. The van der Waals surface area contributed by atoms with Crippen molar-refractivity contribution in [2.45, 2.75) is 4.90 Å². The van der Waals surface area contributed by atoms with Gasteiger partial charge in [0.2, 0.25) is 0 Å². The van der Waals surface area contributed by atoms with E-state index in [4.69, 9.17) is 0 Å². The van der Waals surface area contributed by atoms with E-state index in [0.717, 1.165) is 29.6 Å². The van der Waals surface area contributed by atoms with Gasteiger partial charge in [0, 0.05) is 36.4 Å². The maximum absolute atomic E-state index is 13.0. The lowest BCUT2D eigenvalue weighted by Gasteiger charge is -2.07. The highest BCUT2D eigenvalue weighted by atomic mass is 32.2. The molecule has 1 aromatic carbocycles. The van der Waals surface area contributed by atoms with E-state index in [1.807, 2.05) is 19.2 Å². The molecule has 122 valence electrons. The van der Waals surface area contributed by atoms with Gasteiger partial charge in [-0.2, -0.15) is 0 Å². The zero-order valence-corrected chi connectivity index (χ0v) is 14.1.